The third-order valence-electron chi connectivity index (χ3n) is 2.89. The van der Waals surface area contributed by atoms with Gasteiger partial charge in [-0.25, -0.2) is 0 Å². The van der Waals surface area contributed by atoms with E-state index in [1.165, 1.54) is 5.56 Å². The van der Waals surface area contributed by atoms with Gasteiger partial charge in [0.05, 0.1) is 0 Å². The normalized spacial score (nSPS) is 14.5. The molecule has 1 fully saturated rings. The van der Waals surface area contributed by atoms with Gasteiger partial charge in [0, 0.05) is 13.1 Å². The van der Waals surface area contributed by atoms with Crippen molar-refractivity contribution in [3.05, 3.63) is 29.3 Å². The Hall–Kier alpha value is -1.51. The molecule has 1 heterocycles. The lowest BCUT2D eigenvalue weighted by Gasteiger charge is -2.30. The second-order valence-corrected chi connectivity index (χ2v) is 4.29. The minimum atomic E-state index is 0.0891. The average molecular weight is 219 g/mol. The second-order valence-electron chi connectivity index (χ2n) is 4.29. The van der Waals surface area contributed by atoms with Gasteiger partial charge in [-0.1, -0.05) is 17.7 Å². The van der Waals surface area contributed by atoms with Crippen molar-refractivity contribution in [3.8, 4) is 5.75 Å². The first-order chi connectivity index (χ1) is 7.66. The Labute approximate surface area is 96.0 Å². The van der Waals surface area contributed by atoms with Crippen molar-refractivity contribution < 1.29 is 9.53 Å². The van der Waals surface area contributed by atoms with Gasteiger partial charge >= 0.3 is 0 Å². The Bertz CT molecular complexity index is 397. The summed E-state index contributed by atoms with van der Waals surface area (Å²) in [6.45, 7) is 5.96. The van der Waals surface area contributed by atoms with Crippen molar-refractivity contribution >= 4 is 5.91 Å². The number of benzene rings is 1. The van der Waals surface area contributed by atoms with E-state index in [0.29, 0.717) is 0 Å². The van der Waals surface area contributed by atoms with Crippen LogP contribution in [-0.2, 0) is 4.79 Å². The summed E-state index contributed by atoms with van der Waals surface area (Å²) in [5, 5.41) is 0. The number of amides is 1. The zero-order chi connectivity index (χ0) is 11.5. The van der Waals surface area contributed by atoms with E-state index >= 15 is 0 Å². The van der Waals surface area contributed by atoms with Crippen LogP contribution in [0.1, 0.15) is 17.5 Å². The van der Waals surface area contributed by atoms with Gasteiger partial charge in [0.25, 0.3) is 5.91 Å². The highest BCUT2D eigenvalue weighted by molar-refractivity contribution is 5.78. The SMILES string of the molecule is Cc1ccc(OCC(=O)N2CCC2)c(C)c1. The van der Waals surface area contributed by atoms with E-state index in [4.69, 9.17) is 4.74 Å². The summed E-state index contributed by atoms with van der Waals surface area (Å²) in [6.07, 6.45) is 1.12. The summed E-state index contributed by atoms with van der Waals surface area (Å²) < 4.78 is 5.52. The largest absolute Gasteiger partial charge is 0.484 e. The van der Waals surface area contributed by atoms with Gasteiger partial charge < -0.3 is 9.64 Å². The lowest BCUT2D eigenvalue weighted by molar-refractivity contribution is -0.136. The molecule has 3 nitrogen and oxygen atoms in total. The van der Waals surface area contributed by atoms with E-state index in [-0.39, 0.29) is 12.5 Å². The summed E-state index contributed by atoms with van der Waals surface area (Å²) in [5.74, 6) is 0.894. The summed E-state index contributed by atoms with van der Waals surface area (Å²) in [4.78, 5) is 13.4. The molecule has 0 saturated carbocycles. The van der Waals surface area contributed by atoms with Gasteiger partial charge in [0.15, 0.2) is 6.61 Å². The molecular weight excluding hydrogens is 202 g/mol. The fourth-order valence-electron chi connectivity index (χ4n) is 1.76. The van der Waals surface area contributed by atoms with Crippen LogP contribution in [0.3, 0.4) is 0 Å². The number of hydrogen-bond acceptors (Lipinski definition) is 2. The molecule has 1 aromatic rings. The molecule has 1 aliphatic rings. The molecule has 0 spiro atoms. The van der Waals surface area contributed by atoms with Crippen LogP contribution in [0.2, 0.25) is 0 Å². The molecule has 0 N–H and O–H groups in total. The van der Waals surface area contributed by atoms with Crippen LogP contribution in [0.15, 0.2) is 18.2 Å². The van der Waals surface area contributed by atoms with Crippen LogP contribution in [0, 0.1) is 13.8 Å². The molecule has 3 heteroatoms. The maximum Gasteiger partial charge on any atom is 0.260 e. The van der Waals surface area contributed by atoms with E-state index in [0.717, 1.165) is 30.8 Å². The number of nitrogens with zero attached hydrogens (tertiary/aromatic N) is 1. The van der Waals surface area contributed by atoms with Gasteiger partial charge in [0.2, 0.25) is 0 Å². The van der Waals surface area contributed by atoms with Crippen molar-refractivity contribution in [1.82, 2.24) is 4.90 Å². The van der Waals surface area contributed by atoms with Crippen molar-refractivity contribution in [2.75, 3.05) is 19.7 Å². The maximum absolute atomic E-state index is 11.6. The Balaban J connectivity index is 1.91. The first kappa shape index (κ1) is 11.0. The van der Waals surface area contributed by atoms with Crippen molar-refractivity contribution in [1.29, 1.82) is 0 Å². The van der Waals surface area contributed by atoms with E-state index < -0.39 is 0 Å². The standard InChI is InChI=1S/C13H17NO2/c1-10-4-5-12(11(2)8-10)16-9-13(15)14-6-3-7-14/h4-5,8H,3,6-7,9H2,1-2H3. The lowest BCUT2D eigenvalue weighted by atomic mass is 10.1. The molecule has 0 atom stereocenters. The molecule has 1 aliphatic heterocycles. The Morgan fingerprint density at radius 2 is 2.12 bits per heavy atom. The number of ether oxygens (including phenoxy) is 1. The first-order valence-corrected chi connectivity index (χ1v) is 5.64. The predicted octanol–water partition coefficient (Wildman–Crippen LogP) is 1.91. The monoisotopic (exact) mass is 219 g/mol. The van der Waals surface area contributed by atoms with Gasteiger partial charge in [-0.3, -0.25) is 4.79 Å². The Kier molecular flexibility index (Phi) is 3.13. The predicted molar refractivity (Wildman–Crippen MR) is 62.6 cm³/mol. The molecule has 2 rings (SSSR count). The summed E-state index contributed by atoms with van der Waals surface area (Å²) in [5.41, 5.74) is 2.29. The highest BCUT2D eigenvalue weighted by Crippen LogP contribution is 2.19. The Morgan fingerprint density at radius 3 is 2.69 bits per heavy atom. The van der Waals surface area contributed by atoms with Gasteiger partial charge in [-0.15, -0.1) is 0 Å². The van der Waals surface area contributed by atoms with Crippen LogP contribution >= 0.6 is 0 Å². The lowest BCUT2D eigenvalue weighted by Crippen LogP contribution is -2.44. The number of aryl methyl sites for hydroxylation is 2. The fourth-order valence-corrected chi connectivity index (χ4v) is 1.76. The van der Waals surface area contributed by atoms with Crippen LogP contribution in [-0.4, -0.2) is 30.5 Å². The number of carbonyl (C=O) groups is 1. The number of carbonyl (C=O) groups excluding carboxylic acids is 1. The van der Waals surface area contributed by atoms with Crippen molar-refractivity contribution in [2.45, 2.75) is 20.3 Å². The molecule has 0 aromatic heterocycles. The number of hydrogen-bond donors (Lipinski definition) is 0. The fraction of sp³-hybridized carbons (Fsp3) is 0.462. The van der Waals surface area contributed by atoms with Crippen LogP contribution < -0.4 is 4.74 Å². The molecule has 86 valence electrons. The zero-order valence-electron chi connectivity index (χ0n) is 9.82. The minimum absolute atomic E-state index is 0.0891. The van der Waals surface area contributed by atoms with Crippen molar-refractivity contribution in [2.24, 2.45) is 0 Å². The van der Waals surface area contributed by atoms with E-state index in [2.05, 4.69) is 6.07 Å². The molecule has 16 heavy (non-hydrogen) atoms. The molecule has 1 aromatic carbocycles. The third kappa shape index (κ3) is 2.35. The minimum Gasteiger partial charge on any atom is -0.484 e. The molecule has 0 aliphatic carbocycles. The van der Waals surface area contributed by atoms with Gasteiger partial charge in [0.1, 0.15) is 5.75 Å². The van der Waals surface area contributed by atoms with Gasteiger partial charge in [-0.05, 0) is 31.9 Å². The van der Waals surface area contributed by atoms with Crippen LogP contribution in [0.25, 0.3) is 0 Å². The van der Waals surface area contributed by atoms with Crippen LogP contribution in [0.4, 0.5) is 0 Å². The van der Waals surface area contributed by atoms with Crippen molar-refractivity contribution in [3.63, 3.8) is 0 Å². The number of likely N-dealkylation sites (tertiary alicyclic amines) is 1. The quantitative estimate of drug-likeness (QED) is 0.777. The highest BCUT2D eigenvalue weighted by Gasteiger charge is 2.20. The second kappa shape index (κ2) is 4.56. The smallest absolute Gasteiger partial charge is 0.260 e. The molecule has 1 amide bonds. The molecular formula is C13H17NO2. The first-order valence-electron chi connectivity index (χ1n) is 5.64. The summed E-state index contributed by atoms with van der Waals surface area (Å²) in [7, 11) is 0. The van der Waals surface area contributed by atoms with E-state index in [1.54, 1.807) is 0 Å². The summed E-state index contributed by atoms with van der Waals surface area (Å²) in [6, 6.07) is 5.98. The maximum atomic E-state index is 11.6. The molecule has 1 saturated heterocycles. The zero-order valence-corrected chi connectivity index (χ0v) is 9.82. The third-order valence-corrected chi connectivity index (χ3v) is 2.89. The molecule has 0 unspecified atom stereocenters. The number of rotatable bonds is 3. The van der Waals surface area contributed by atoms with Gasteiger partial charge in [-0.2, -0.15) is 0 Å². The topological polar surface area (TPSA) is 29.5 Å². The highest BCUT2D eigenvalue weighted by atomic mass is 16.5. The molecule has 0 bridgehead atoms. The summed E-state index contributed by atoms with van der Waals surface area (Å²) >= 11 is 0. The average Bonchev–Trinajstić information content (AvgIpc) is 2.13. The molecule has 0 radical (unpaired) electrons. The Morgan fingerprint density at radius 1 is 1.38 bits per heavy atom. The van der Waals surface area contributed by atoms with E-state index in [9.17, 15) is 4.79 Å². The van der Waals surface area contributed by atoms with E-state index in [1.807, 2.05) is 30.9 Å². The van der Waals surface area contributed by atoms with Crippen LogP contribution in [0.5, 0.6) is 5.75 Å².